The summed E-state index contributed by atoms with van der Waals surface area (Å²) in [5, 5.41) is 2.88. The van der Waals surface area contributed by atoms with Crippen LogP contribution in [0.3, 0.4) is 0 Å². The van der Waals surface area contributed by atoms with Crippen molar-refractivity contribution in [1.82, 2.24) is 5.32 Å². The summed E-state index contributed by atoms with van der Waals surface area (Å²) in [5.74, 6) is 1.74. The highest BCUT2D eigenvalue weighted by Gasteiger charge is 2.16. The second-order valence-corrected chi connectivity index (χ2v) is 5.94. The van der Waals surface area contributed by atoms with Crippen molar-refractivity contribution in [1.29, 1.82) is 0 Å². The summed E-state index contributed by atoms with van der Waals surface area (Å²) < 4.78 is 16.6. The van der Waals surface area contributed by atoms with Gasteiger partial charge in [-0.2, -0.15) is 0 Å². The molecule has 0 radical (unpaired) electrons. The van der Waals surface area contributed by atoms with E-state index in [0.717, 1.165) is 11.3 Å². The number of carbonyl (C=O) groups excluding carboxylic acids is 1. The monoisotopic (exact) mass is 343 g/mol. The minimum Gasteiger partial charge on any atom is -0.493 e. The number of carbonyl (C=O) groups is 1. The zero-order chi connectivity index (χ0) is 18.2. The average Bonchev–Trinajstić information content (AvgIpc) is 2.59. The second kappa shape index (κ2) is 8.97. The van der Waals surface area contributed by atoms with E-state index in [1.54, 1.807) is 26.2 Å². The first-order valence-corrected chi connectivity index (χ1v) is 8.32. The van der Waals surface area contributed by atoms with E-state index < -0.39 is 6.10 Å². The molecular weight excluding hydrogens is 318 g/mol. The van der Waals surface area contributed by atoms with Gasteiger partial charge in [-0.3, -0.25) is 4.79 Å². The molecule has 2 aromatic rings. The van der Waals surface area contributed by atoms with Crippen molar-refractivity contribution in [3.63, 3.8) is 0 Å². The summed E-state index contributed by atoms with van der Waals surface area (Å²) in [6.07, 6.45) is -0.523. The van der Waals surface area contributed by atoms with Gasteiger partial charge in [0.05, 0.1) is 13.2 Å². The maximum atomic E-state index is 12.3. The van der Waals surface area contributed by atoms with Gasteiger partial charge in [-0.25, -0.2) is 0 Å². The highest BCUT2D eigenvalue weighted by Crippen LogP contribution is 2.26. The van der Waals surface area contributed by atoms with Crippen molar-refractivity contribution in [3.8, 4) is 17.2 Å². The maximum Gasteiger partial charge on any atom is 0.261 e. The molecule has 0 aliphatic rings. The largest absolute Gasteiger partial charge is 0.493 e. The van der Waals surface area contributed by atoms with Gasteiger partial charge in [0.15, 0.2) is 17.6 Å². The first-order chi connectivity index (χ1) is 12.0. The maximum absolute atomic E-state index is 12.3. The van der Waals surface area contributed by atoms with Crippen LogP contribution in [0.1, 0.15) is 26.3 Å². The predicted octanol–water partition coefficient (Wildman–Crippen LogP) is 3.57. The van der Waals surface area contributed by atoms with Crippen LogP contribution in [0.4, 0.5) is 0 Å². The summed E-state index contributed by atoms with van der Waals surface area (Å²) in [4.78, 5) is 12.3. The normalized spacial score (nSPS) is 11.7. The molecule has 5 heteroatoms. The molecule has 1 N–H and O–H groups in total. The van der Waals surface area contributed by atoms with Crippen molar-refractivity contribution in [2.45, 2.75) is 39.5 Å². The third kappa shape index (κ3) is 5.71. The van der Waals surface area contributed by atoms with Crippen LogP contribution in [0.15, 0.2) is 48.5 Å². The van der Waals surface area contributed by atoms with Crippen LogP contribution in [-0.2, 0) is 11.3 Å². The van der Waals surface area contributed by atoms with Crippen LogP contribution in [0.5, 0.6) is 17.2 Å². The van der Waals surface area contributed by atoms with Gasteiger partial charge < -0.3 is 19.5 Å². The van der Waals surface area contributed by atoms with Gasteiger partial charge in [0.1, 0.15) is 5.75 Å². The summed E-state index contributed by atoms with van der Waals surface area (Å²) in [7, 11) is 1.57. The van der Waals surface area contributed by atoms with E-state index >= 15 is 0 Å². The summed E-state index contributed by atoms with van der Waals surface area (Å²) >= 11 is 0. The van der Waals surface area contributed by atoms with E-state index in [1.807, 2.05) is 50.2 Å². The number of hydrogen-bond donors (Lipinski definition) is 1. The Labute approximate surface area is 148 Å². The van der Waals surface area contributed by atoms with Gasteiger partial charge in [0, 0.05) is 6.54 Å². The van der Waals surface area contributed by atoms with Crippen molar-refractivity contribution in [2.24, 2.45) is 0 Å². The standard InChI is InChI=1S/C20H25NO4/c1-14(2)24-17-9-7-8-16(12-17)13-21-20(22)15(3)25-19-11-6-5-10-18(19)23-4/h5-12,14-15H,13H2,1-4H3,(H,21,22)/t15-/m0/s1. The van der Waals surface area contributed by atoms with Crippen molar-refractivity contribution in [2.75, 3.05) is 7.11 Å². The molecule has 0 aliphatic carbocycles. The topological polar surface area (TPSA) is 56.8 Å². The van der Waals surface area contributed by atoms with Crippen molar-refractivity contribution in [3.05, 3.63) is 54.1 Å². The predicted molar refractivity (Wildman–Crippen MR) is 97.1 cm³/mol. The Morgan fingerprint density at radius 1 is 1.00 bits per heavy atom. The first-order valence-electron chi connectivity index (χ1n) is 8.32. The molecule has 0 fully saturated rings. The summed E-state index contributed by atoms with van der Waals surface area (Å²) in [6, 6.07) is 14.9. The molecule has 25 heavy (non-hydrogen) atoms. The fourth-order valence-electron chi connectivity index (χ4n) is 2.29. The third-order valence-corrected chi connectivity index (χ3v) is 3.48. The SMILES string of the molecule is COc1ccccc1O[C@@H](C)C(=O)NCc1cccc(OC(C)C)c1. The van der Waals surface area contributed by atoms with Crippen LogP contribution in [0, 0.1) is 0 Å². The van der Waals surface area contributed by atoms with E-state index in [0.29, 0.717) is 18.0 Å². The van der Waals surface area contributed by atoms with E-state index in [4.69, 9.17) is 14.2 Å². The molecule has 0 saturated heterocycles. The van der Waals surface area contributed by atoms with E-state index in [1.165, 1.54) is 0 Å². The third-order valence-electron chi connectivity index (χ3n) is 3.48. The Morgan fingerprint density at radius 2 is 1.72 bits per heavy atom. The lowest BCUT2D eigenvalue weighted by Crippen LogP contribution is -2.35. The van der Waals surface area contributed by atoms with Crippen LogP contribution < -0.4 is 19.5 Å². The lowest BCUT2D eigenvalue weighted by molar-refractivity contribution is -0.127. The molecule has 134 valence electrons. The van der Waals surface area contributed by atoms with Gasteiger partial charge in [-0.05, 0) is 50.6 Å². The first kappa shape index (κ1) is 18.6. The van der Waals surface area contributed by atoms with Crippen LogP contribution in [0.2, 0.25) is 0 Å². The average molecular weight is 343 g/mol. The minimum absolute atomic E-state index is 0.110. The van der Waals surface area contributed by atoms with Gasteiger partial charge in [-0.1, -0.05) is 24.3 Å². The van der Waals surface area contributed by atoms with Crippen LogP contribution in [-0.4, -0.2) is 25.2 Å². The molecule has 2 rings (SSSR count). The molecule has 2 aromatic carbocycles. The number of ether oxygens (including phenoxy) is 3. The van der Waals surface area contributed by atoms with Gasteiger partial charge in [0.25, 0.3) is 5.91 Å². The number of hydrogen-bond acceptors (Lipinski definition) is 4. The Morgan fingerprint density at radius 3 is 2.40 bits per heavy atom. The molecular formula is C20H25NO4. The second-order valence-electron chi connectivity index (χ2n) is 5.94. The number of nitrogens with one attached hydrogen (secondary N) is 1. The molecule has 0 heterocycles. The molecule has 1 amide bonds. The molecule has 0 aliphatic heterocycles. The minimum atomic E-state index is -0.633. The lowest BCUT2D eigenvalue weighted by atomic mass is 10.2. The van der Waals surface area contributed by atoms with Gasteiger partial charge in [-0.15, -0.1) is 0 Å². The molecule has 0 saturated carbocycles. The summed E-state index contributed by atoms with van der Waals surface area (Å²) in [6.45, 7) is 6.07. The van der Waals surface area contributed by atoms with Gasteiger partial charge >= 0.3 is 0 Å². The Kier molecular flexibility index (Phi) is 6.69. The summed E-state index contributed by atoms with van der Waals surface area (Å²) in [5.41, 5.74) is 0.969. The molecule has 0 unspecified atom stereocenters. The quantitative estimate of drug-likeness (QED) is 0.796. The number of amides is 1. The fraction of sp³-hybridized carbons (Fsp3) is 0.350. The molecule has 0 bridgehead atoms. The van der Waals surface area contributed by atoms with Crippen molar-refractivity contribution < 1.29 is 19.0 Å². The van der Waals surface area contributed by atoms with E-state index in [-0.39, 0.29) is 12.0 Å². The zero-order valence-electron chi connectivity index (χ0n) is 15.1. The molecule has 0 aromatic heterocycles. The fourth-order valence-corrected chi connectivity index (χ4v) is 2.29. The highest BCUT2D eigenvalue weighted by molar-refractivity contribution is 5.80. The molecule has 1 atom stereocenters. The Balaban J connectivity index is 1.91. The number of para-hydroxylation sites is 2. The van der Waals surface area contributed by atoms with Crippen LogP contribution >= 0.6 is 0 Å². The van der Waals surface area contributed by atoms with E-state index in [2.05, 4.69) is 5.32 Å². The smallest absolute Gasteiger partial charge is 0.261 e. The zero-order valence-corrected chi connectivity index (χ0v) is 15.1. The lowest BCUT2D eigenvalue weighted by Gasteiger charge is -2.17. The van der Waals surface area contributed by atoms with Crippen molar-refractivity contribution >= 4 is 5.91 Å². The highest BCUT2D eigenvalue weighted by atomic mass is 16.5. The number of methoxy groups -OCH3 is 1. The van der Waals surface area contributed by atoms with Gasteiger partial charge in [0.2, 0.25) is 0 Å². The Bertz CT molecular complexity index is 700. The van der Waals surface area contributed by atoms with Crippen LogP contribution in [0.25, 0.3) is 0 Å². The molecule has 0 spiro atoms. The molecule has 5 nitrogen and oxygen atoms in total. The number of rotatable bonds is 8. The Hall–Kier alpha value is -2.69. The number of benzene rings is 2. The van der Waals surface area contributed by atoms with E-state index in [9.17, 15) is 4.79 Å².